The van der Waals surface area contributed by atoms with Gasteiger partial charge < -0.3 is 18.5 Å². The minimum atomic E-state index is -6.72. The molecule has 542 valence electrons. The van der Waals surface area contributed by atoms with Gasteiger partial charge in [0.1, 0.15) is 49.4 Å². The summed E-state index contributed by atoms with van der Waals surface area (Å²) in [6, 6.07) is 20.8. The van der Waals surface area contributed by atoms with E-state index in [0.29, 0.717) is 24.2 Å². The van der Waals surface area contributed by atoms with Crippen molar-refractivity contribution in [3.63, 3.8) is 0 Å². The molecular formula is C64H88F12N6O10S4. The maximum atomic E-state index is 12.3. The highest BCUT2D eigenvalue weighted by molar-refractivity contribution is 8.13. The molecule has 0 spiro atoms. The van der Waals surface area contributed by atoms with E-state index in [1.807, 2.05) is 12.1 Å². The molecule has 6 rings (SSSR count). The second-order valence-electron chi connectivity index (χ2n) is 23.6. The van der Waals surface area contributed by atoms with Crippen molar-refractivity contribution in [1.82, 2.24) is 9.13 Å². The van der Waals surface area contributed by atoms with Crippen molar-refractivity contribution in [1.29, 1.82) is 0 Å². The maximum Gasteiger partial charge on any atom is 0.480 e. The Hall–Kier alpha value is -5.70. The summed E-state index contributed by atoms with van der Waals surface area (Å²) in [5.74, 6) is 0.455. The number of phenolic OH excluding ortho intramolecular Hbond substituents is 2. The fourth-order valence-electron chi connectivity index (χ4n) is 10.7. The lowest BCUT2D eigenvalue weighted by atomic mass is 9.88. The van der Waals surface area contributed by atoms with Crippen LogP contribution in [-0.4, -0.2) is 75.1 Å². The van der Waals surface area contributed by atoms with E-state index in [-0.39, 0.29) is 11.5 Å². The first-order valence-corrected chi connectivity index (χ1v) is 38.0. The topological polar surface area (TPSA) is 223 Å². The number of halogens is 12. The quantitative estimate of drug-likeness (QED) is 0.0211. The average molecular weight is 1460 g/mol. The normalized spacial score (nSPS) is 12.9. The van der Waals surface area contributed by atoms with Gasteiger partial charge in [0.2, 0.25) is 12.7 Å². The molecule has 0 saturated heterocycles. The van der Waals surface area contributed by atoms with E-state index in [9.17, 15) is 96.6 Å². The van der Waals surface area contributed by atoms with E-state index < -0.39 is 62.1 Å². The molecule has 0 bridgehead atoms. The number of unbranched alkanes of at least 4 members (excludes halogenated alkanes) is 26. The summed E-state index contributed by atoms with van der Waals surface area (Å²) in [7, 11) is -26.9. The average Bonchev–Trinajstić information content (AvgIpc) is 0.885. The SMILES string of the molecule is CCCCCCCCCCCCCCCCn1cc[n+](Cc2cc3ccccc3c(-c3c(O)c(C[n+]4ccn(CCCCCCCCCCCCCCCC)c4)cc4ccccc34)c2O)c1.O=S(=O)([N-]S(=O)(=O)C(F)(F)F)C(F)(F)F.O=S(=O)([N-]S(=O)(=O)C(F)(F)F)C(F)(F)F. The van der Waals surface area contributed by atoms with Gasteiger partial charge in [0.05, 0.1) is 13.1 Å². The van der Waals surface area contributed by atoms with Crippen molar-refractivity contribution < 1.29 is 106 Å². The summed E-state index contributed by atoms with van der Waals surface area (Å²) in [5, 5.41) is 28.6. The Kier molecular flexibility index (Phi) is 33.3. The molecule has 4 aromatic carbocycles. The first-order valence-electron chi connectivity index (χ1n) is 32.3. The van der Waals surface area contributed by atoms with Gasteiger partial charge in [-0.05, 0) is 59.4 Å². The number of aromatic nitrogens is 4. The lowest BCUT2D eigenvalue weighted by Crippen LogP contribution is -2.31. The second kappa shape index (κ2) is 38.6. The van der Waals surface area contributed by atoms with Gasteiger partial charge in [-0.3, -0.25) is 0 Å². The number of nitrogens with zero attached hydrogens (tertiary/aromatic N) is 6. The predicted molar refractivity (Wildman–Crippen MR) is 345 cm³/mol. The Labute approximate surface area is 555 Å². The summed E-state index contributed by atoms with van der Waals surface area (Å²) < 4.78 is 227. The van der Waals surface area contributed by atoms with Crippen LogP contribution in [0.2, 0.25) is 0 Å². The van der Waals surface area contributed by atoms with E-state index >= 15 is 0 Å². The van der Waals surface area contributed by atoms with Crippen LogP contribution in [0.3, 0.4) is 0 Å². The Morgan fingerprint density at radius 1 is 0.375 bits per heavy atom. The lowest BCUT2D eigenvalue weighted by Gasteiger charge is -2.22. The van der Waals surface area contributed by atoms with Crippen LogP contribution < -0.4 is 9.13 Å². The van der Waals surface area contributed by atoms with Crippen molar-refractivity contribution in [3.05, 3.63) is 117 Å². The standard InChI is InChI=1S/C60H86N4O2.2C2F6NO4S2/c1-3-5-7-9-11-13-15-17-19-21-23-25-27-33-39-61-41-43-63(49-61)47-53-45-51-35-29-31-37-55(51)57(59(53)65)58-56-38-32-30-36-52(56)46-54(60(58)66)48-64-44-42-62(50-64)40-34-28-26-24-22-20-18-16-14-12-10-8-6-4-2;2*3-1(4,5)14(10,11)9-15(12,13)2(6,7)8/h29-32,35-38,41-46,49-50H,3-28,33-34,39-40,47-48H2,1-2H3;;/q;2*-1/p+2. The van der Waals surface area contributed by atoms with Crippen LogP contribution in [0, 0.1) is 0 Å². The molecule has 0 aliphatic heterocycles. The third kappa shape index (κ3) is 26.9. The van der Waals surface area contributed by atoms with E-state index in [1.54, 1.807) is 0 Å². The monoisotopic (exact) mass is 1460 g/mol. The largest absolute Gasteiger partial charge is 0.507 e. The summed E-state index contributed by atoms with van der Waals surface area (Å²) >= 11 is 0. The highest BCUT2D eigenvalue weighted by atomic mass is 32.3. The molecule has 0 fully saturated rings. The van der Waals surface area contributed by atoms with Gasteiger partial charge in [0.15, 0.2) is 40.1 Å². The molecule has 0 saturated carbocycles. The highest BCUT2D eigenvalue weighted by Crippen LogP contribution is 2.48. The molecule has 0 aliphatic carbocycles. The van der Waals surface area contributed by atoms with Gasteiger partial charge in [-0.1, -0.05) is 216 Å². The lowest BCUT2D eigenvalue weighted by molar-refractivity contribution is -0.688. The molecule has 2 heterocycles. The van der Waals surface area contributed by atoms with E-state index in [2.05, 4.69) is 118 Å². The van der Waals surface area contributed by atoms with Gasteiger partial charge in [-0.2, -0.15) is 52.7 Å². The number of hydrogen-bond donors (Lipinski definition) is 2. The van der Waals surface area contributed by atoms with Crippen molar-refractivity contribution in [2.45, 2.75) is 242 Å². The van der Waals surface area contributed by atoms with Gasteiger partial charge >= 0.3 is 22.0 Å². The van der Waals surface area contributed by atoms with Crippen molar-refractivity contribution >= 4 is 61.6 Å². The van der Waals surface area contributed by atoms with Crippen LogP contribution in [0.5, 0.6) is 11.5 Å². The number of phenols is 2. The minimum Gasteiger partial charge on any atom is -0.507 e. The number of fused-ring (bicyclic) bond motifs is 2. The third-order valence-electron chi connectivity index (χ3n) is 15.8. The highest BCUT2D eigenvalue weighted by Gasteiger charge is 2.48. The summed E-state index contributed by atoms with van der Waals surface area (Å²) in [4.78, 5) is 0. The number of aromatic hydroxyl groups is 2. The molecule has 0 atom stereocenters. The molecule has 0 radical (unpaired) electrons. The fourth-order valence-corrected chi connectivity index (χ4v) is 14.1. The smallest absolute Gasteiger partial charge is 0.480 e. The van der Waals surface area contributed by atoms with E-state index in [4.69, 9.17) is 0 Å². The predicted octanol–water partition coefficient (Wildman–Crippen LogP) is 18.4. The van der Waals surface area contributed by atoms with Crippen LogP contribution in [0.25, 0.3) is 40.9 Å². The Morgan fingerprint density at radius 3 is 0.865 bits per heavy atom. The fraction of sp³-hybridized carbons (Fsp3) is 0.594. The number of imidazole rings is 2. The molecule has 32 heteroatoms. The number of rotatable bonds is 39. The molecular weight excluding hydrogens is 1370 g/mol. The summed E-state index contributed by atoms with van der Waals surface area (Å²) in [6.45, 7) is 7.68. The number of hydrogen-bond acceptors (Lipinski definition) is 10. The number of aryl methyl sites for hydroxylation is 2. The zero-order valence-corrected chi connectivity index (χ0v) is 57.1. The molecule has 2 N–H and O–H groups in total. The Balaban J connectivity index is 0.000000537. The van der Waals surface area contributed by atoms with Crippen LogP contribution in [0.1, 0.15) is 205 Å². The van der Waals surface area contributed by atoms with Gasteiger partial charge in [-0.25, -0.2) is 51.9 Å². The summed E-state index contributed by atoms with van der Waals surface area (Å²) in [6.07, 6.45) is 51.2. The van der Waals surface area contributed by atoms with Crippen molar-refractivity contribution in [3.8, 4) is 22.6 Å². The zero-order valence-electron chi connectivity index (χ0n) is 53.9. The molecule has 6 aromatic rings. The molecule has 0 unspecified atom stereocenters. The molecule has 96 heavy (non-hydrogen) atoms. The van der Waals surface area contributed by atoms with Crippen molar-refractivity contribution in [2.75, 3.05) is 0 Å². The minimum absolute atomic E-state index is 0.227. The van der Waals surface area contributed by atoms with Gasteiger partial charge in [-0.15, -0.1) is 0 Å². The zero-order chi connectivity index (χ0) is 71.4. The van der Waals surface area contributed by atoms with Gasteiger partial charge in [0.25, 0.3) is 0 Å². The molecule has 0 amide bonds. The third-order valence-corrected chi connectivity index (χ3v) is 21.2. The van der Waals surface area contributed by atoms with Crippen LogP contribution in [0.15, 0.2) is 98.1 Å². The van der Waals surface area contributed by atoms with E-state index in [1.165, 1.54) is 180 Å². The van der Waals surface area contributed by atoms with E-state index in [0.717, 1.165) is 54.0 Å². The molecule has 2 aromatic heterocycles. The van der Waals surface area contributed by atoms with Crippen LogP contribution in [-0.2, 0) is 66.3 Å². The number of sulfonamides is 4. The number of alkyl halides is 12. The van der Waals surface area contributed by atoms with Crippen molar-refractivity contribution in [2.24, 2.45) is 0 Å². The Bertz CT molecular complexity index is 3470. The Morgan fingerprint density at radius 2 is 0.615 bits per heavy atom. The first kappa shape index (κ1) is 82.7. The van der Waals surface area contributed by atoms with Crippen LogP contribution >= 0.6 is 0 Å². The van der Waals surface area contributed by atoms with Crippen LogP contribution in [0.4, 0.5) is 52.7 Å². The maximum absolute atomic E-state index is 12.3. The molecule has 0 aliphatic rings. The van der Waals surface area contributed by atoms with Gasteiger partial charge in [0, 0.05) is 22.3 Å². The first-order chi connectivity index (χ1) is 45.0. The molecule has 16 nitrogen and oxygen atoms in total. The summed E-state index contributed by atoms with van der Waals surface area (Å²) in [5.41, 5.74) is -21.7. The second-order valence-corrected chi connectivity index (χ2v) is 30.5. The number of benzene rings is 4.